The Bertz CT molecular complexity index is 452. The van der Waals surface area contributed by atoms with E-state index in [1.165, 1.54) is 31.4 Å². The molecule has 1 unspecified atom stereocenters. The van der Waals surface area contributed by atoms with Crippen LogP contribution in [-0.2, 0) is 6.42 Å². The van der Waals surface area contributed by atoms with E-state index in [9.17, 15) is 4.79 Å². The van der Waals surface area contributed by atoms with Gasteiger partial charge in [-0.25, -0.2) is 0 Å². The van der Waals surface area contributed by atoms with Gasteiger partial charge in [0.05, 0.1) is 0 Å². The highest BCUT2D eigenvalue weighted by molar-refractivity contribution is 5.96. The summed E-state index contributed by atoms with van der Waals surface area (Å²) in [7, 11) is 0. The smallest absolute Gasteiger partial charge is 0.254 e. The Morgan fingerprint density at radius 2 is 2.21 bits per heavy atom. The van der Waals surface area contributed by atoms with Crippen molar-refractivity contribution in [3.63, 3.8) is 0 Å². The number of amides is 1. The maximum absolute atomic E-state index is 12.4. The number of hydrogen-bond acceptors (Lipinski definition) is 2. The van der Waals surface area contributed by atoms with Crippen LogP contribution >= 0.6 is 0 Å². The van der Waals surface area contributed by atoms with Crippen LogP contribution in [0.2, 0.25) is 0 Å². The van der Waals surface area contributed by atoms with Crippen molar-refractivity contribution < 1.29 is 4.79 Å². The lowest BCUT2D eigenvalue weighted by Gasteiger charge is -2.28. The summed E-state index contributed by atoms with van der Waals surface area (Å²) < 4.78 is 0. The van der Waals surface area contributed by atoms with Gasteiger partial charge in [-0.3, -0.25) is 4.79 Å². The molecule has 0 spiro atoms. The van der Waals surface area contributed by atoms with Gasteiger partial charge < -0.3 is 10.2 Å². The van der Waals surface area contributed by atoms with Crippen molar-refractivity contribution in [3.05, 3.63) is 35.4 Å². The van der Waals surface area contributed by atoms with Gasteiger partial charge in [-0.1, -0.05) is 18.2 Å². The monoisotopic (exact) mass is 258 g/mol. The van der Waals surface area contributed by atoms with E-state index in [2.05, 4.69) is 11.4 Å². The second-order valence-electron chi connectivity index (χ2n) is 5.63. The summed E-state index contributed by atoms with van der Waals surface area (Å²) >= 11 is 0. The lowest BCUT2D eigenvalue weighted by Crippen LogP contribution is -2.38. The van der Waals surface area contributed by atoms with E-state index < -0.39 is 0 Å². The van der Waals surface area contributed by atoms with Gasteiger partial charge in [0.15, 0.2) is 0 Å². The van der Waals surface area contributed by atoms with Crippen LogP contribution in [-0.4, -0.2) is 36.5 Å². The predicted octanol–water partition coefficient (Wildman–Crippen LogP) is 2.22. The molecular formula is C16H22N2O. The molecule has 2 aliphatic heterocycles. The molecule has 0 saturated carbocycles. The topological polar surface area (TPSA) is 32.3 Å². The maximum atomic E-state index is 12.4. The van der Waals surface area contributed by atoms with Crippen LogP contribution in [0.25, 0.3) is 0 Å². The fraction of sp³-hybridized carbons (Fsp3) is 0.562. The molecule has 1 aromatic carbocycles. The minimum Gasteiger partial charge on any atom is -0.338 e. The van der Waals surface area contributed by atoms with Crippen molar-refractivity contribution >= 4 is 5.91 Å². The van der Waals surface area contributed by atoms with Crippen LogP contribution in [0.1, 0.15) is 41.6 Å². The zero-order valence-electron chi connectivity index (χ0n) is 11.4. The highest BCUT2D eigenvalue weighted by Crippen LogP contribution is 2.19. The predicted molar refractivity (Wildman–Crippen MR) is 76.3 cm³/mol. The van der Waals surface area contributed by atoms with Crippen LogP contribution in [0.5, 0.6) is 0 Å². The van der Waals surface area contributed by atoms with E-state index in [1.54, 1.807) is 0 Å². The summed E-state index contributed by atoms with van der Waals surface area (Å²) in [5.74, 6) is 0.223. The maximum Gasteiger partial charge on any atom is 0.254 e. The molecule has 0 aromatic heterocycles. The molecule has 1 fully saturated rings. The van der Waals surface area contributed by atoms with Gasteiger partial charge in [0.2, 0.25) is 0 Å². The molecule has 102 valence electrons. The molecule has 0 aliphatic carbocycles. The molecule has 1 N–H and O–H groups in total. The summed E-state index contributed by atoms with van der Waals surface area (Å²) in [4.78, 5) is 14.4. The standard InChI is InChI=1S/C16H22N2O/c19-16-15-8-2-1-5-13(15)9-12-18(16)11-4-7-14-6-3-10-17-14/h1-2,5,8,14,17H,3-4,6-7,9-12H2. The lowest BCUT2D eigenvalue weighted by atomic mass is 9.99. The third kappa shape index (κ3) is 2.81. The SMILES string of the molecule is O=C1c2ccccc2CCN1CCCC1CCCN1. The quantitative estimate of drug-likeness (QED) is 0.898. The summed E-state index contributed by atoms with van der Waals surface area (Å²) in [6, 6.07) is 8.71. The molecule has 3 nitrogen and oxygen atoms in total. The van der Waals surface area contributed by atoms with Gasteiger partial charge in [0.1, 0.15) is 0 Å². The van der Waals surface area contributed by atoms with E-state index in [0.29, 0.717) is 6.04 Å². The summed E-state index contributed by atoms with van der Waals surface area (Å²) in [6.45, 7) is 2.96. The van der Waals surface area contributed by atoms with Crippen molar-refractivity contribution in [1.29, 1.82) is 0 Å². The van der Waals surface area contributed by atoms with E-state index >= 15 is 0 Å². The van der Waals surface area contributed by atoms with Crippen LogP contribution < -0.4 is 5.32 Å². The summed E-state index contributed by atoms with van der Waals surface area (Å²) in [6.07, 6.45) is 5.93. The normalized spacial score (nSPS) is 22.6. The first-order valence-corrected chi connectivity index (χ1v) is 7.45. The van der Waals surface area contributed by atoms with Crippen LogP contribution in [0.3, 0.4) is 0 Å². The number of nitrogens with one attached hydrogen (secondary N) is 1. The van der Waals surface area contributed by atoms with Gasteiger partial charge in [0.25, 0.3) is 5.91 Å². The zero-order chi connectivity index (χ0) is 13.1. The largest absolute Gasteiger partial charge is 0.338 e. The van der Waals surface area contributed by atoms with Gasteiger partial charge in [0, 0.05) is 24.7 Å². The molecule has 2 heterocycles. The molecule has 1 atom stereocenters. The van der Waals surface area contributed by atoms with Crippen molar-refractivity contribution in [3.8, 4) is 0 Å². The Labute approximate surface area is 115 Å². The molecule has 0 bridgehead atoms. The van der Waals surface area contributed by atoms with Crippen LogP contribution in [0.4, 0.5) is 0 Å². The fourth-order valence-corrected chi connectivity index (χ4v) is 3.22. The van der Waals surface area contributed by atoms with E-state index in [4.69, 9.17) is 0 Å². The van der Waals surface area contributed by atoms with Crippen molar-refractivity contribution in [1.82, 2.24) is 10.2 Å². The fourth-order valence-electron chi connectivity index (χ4n) is 3.22. The Balaban J connectivity index is 1.54. The average molecular weight is 258 g/mol. The zero-order valence-corrected chi connectivity index (χ0v) is 11.4. The number of rotatable bonds is 4. The number of fused-ring (bicyclic) bond motifs is 1. The molecule has 1 aromatic rings. The van der Waals surface area contributed by atoms with E-state index in [1.807, 2.05) is 23.1 Å². The highest BCUT2D eigenvalue weighted by Gasteiger charge is 2.23. The Morgan fingerprint density at radius 1 is 1.32 bits per heavy atom. The second kappa shape index (κ2) is 5.74. The van der Waals surface area contributed by atoms with Gasteiger partial charge in [-0.05, 0) is 50.3 Å². The van der Waals surface area contributed by atoms with E-state index in [-0.39, 0.29) is 5.91 Å². The number of nitrogens with zero attached hydrogens (tertiary/aromatic N) is 1. The minimum absolute atomic E-state index is 0.223. The Kier molecular flexibility index (Phi) is 3.83. The molecule has 2 aliphatic rings. The number of carbonyl (C=O) groups excluding carboxylic acids is 1. The van der Waals surface area contributed by atoms with Gasteiger partial charge in [-0.15, -0.1) is 0 Å². The first-order chi connectivity index (χ1) is 9.34. The number of carbonyl (C=O) groups is 1. The molecular weight excluding hydrogens is 236 g/mol. The summed E-state index contributed by atoms with van der Waals surface area (Å²) in [5.41, 5.74) is 2.12. The van der Waals surface area contributed by atoms with Crippen molar-refractivity contribution in [2.24, 2.45) is 0 Å². The van der Waals surface area contributed by atoms with Crippen molar-refractivity contribution in [2.75, 3.05) is 19.6 Å². The third-order valence-electron chi connectivity index (χ3n) is 4.33. The molecule has 3 heteroatoms. The second-order valence-corrected chi connectivity index (χ2v) is 5.63. The van der Waals surface area contributed by atoms with Crippen molar-refractivity contribution in [2.45, 2.75) is 38.1 Å². The summed E-state index contributed by atoms with van der Waals surface area (Å²) in [5, 5.41) is 3.52. The Hall–Kier alpha value is -1.35. The van der Waals surface area contributed by atoms with Crippen LogP contribution in [0.15, 0.2) is 24.3 Å². The van der Waals surface area contributed by atoms with E-state index in [0.717, 1.165) is 31.5 Å². The molecule has 19 heavy (non-hydrogen) atoms. The minimum atomic E-state index is 0.223. The van der Waals surface area contributed by atoms with Crippen LogP contribution in [0, 0.1) is 0 Å². The molecule has 1 saturated heterocycles. The third-order valence-corrected chi connectivity index (χ3v) is 4.33. The Morgan fingerprint density at radius 3 is 3.05 bits per heavy atom. The van der Waals surface area contributed by atoms with Gasteiger partial charge in [-0.2, -0.15) is 0 Å². The average Bonchev–Trinajstić information content (AvgIpc) is 2.95. The number of benzene rings is 1. The highest BCUT2D eigenvalue weighted by atomic mass is 16.2. The molecule has 0 radical (unpaired) electrons. The molecule has 3 rings (SSSR count). The lowest BCUT2D eigenvalue weighted by molar-refractivity contribution is 0.0735. The van der Waals surface area contributed by atoms with Gasteiger partial charge >= 0.3 is 0 Å². The molecule has 1 amide bonds. The first kappa shape index (κ1) is 12.7. The number of hydrogen-bond donors (Lipinski definition) is 1. The first-order valence-electron chi connectivity index (χ1n) is 7.45.